The van der Waals surface area contributed by atoms with Gasteiger partial charge in [-0.25, -0.2) is 4.98 Å². The lowest BCUT2D eigenvalue weighted by Crippen LogP contribution is -2.02. The van der Waals surface area contributed by atoms with E-state index in [1.807, 2.05) is 25.1 Å². The maximum absolute atomic E-state index is 5.65. The zero-order chi connectivity index (χ0) is 14.5. The first-order valence-electron chi connectivity index (χ1n) is 6.86. The molecule has 21 heavy (non-hydrogen) atoms. The Morgan fingerprint density at radius 2 is 2.05 bits per heavy atom. The van der Waals surface area contributed by atoms with Crippen LogP contribution in [0.4, 0.5) is 5.82 Å². The van der Waals surface area contributed by atoms with E-state index >= 15 is 0 Å². The first-order chi connectivity index (χ1) is 10.3. The van der Waals surface area contributed by atoms with Crippen LogP contribution in [0.3, 0.4) is 0 Å². The summed E-state index contributed by atoms with van der Waals surface area (Å²) in [6.07, 6.45) is 3.43. The average Bonchev–Trinajstić information content (AvgIpc) is 2.97. The Kier molecular flexibility index (Phi) is 4.16. The lowest BCUT2D eigenvalue weighted by molar-refractivity contribution is 0.104. The lowest BCUT2D eigenvalue weighted by atomic mass is 10.2. The van der Waals surface area contributed by atoms with Gasteiger partial charge in [0.1, 0.15) is 5.82 Å². The van der Waals surface area contributed by atoms with Crippen LogP contribution in [0.1, 0.15) is 18.2 Å². The molecule has 0 saturated carbocycles. The second-order valence-corrected chi connectivity index (χ2v) is 4.60. The Morgan fingerprint density at radius 1 is 1.14 bits per heavy atom. The van der Waals surface area contributed by atoms with Gasteiger partial charge in [0.25, 0.3) is 0 Å². The minimum absolute atomic E-state index is 0.285. The summed E-state index contributed by atoms with van der Waals surface area (Å²) in [5, 5.41) is 3.10. The molecule has 1 aromatic carbocycles. The fourth-order valence-corrected chi connectivity index (χ4v) is 2.01. The predicted octanol–water partition coefficient (Wildman–Crippen LogP) is 2.35. The maximum atomic E-state index is 5.65. The number of anilines is 1. The summed E-state index contributed by atoms with van der Waals surface area (Å²) in [6.45, 7) is 4.05. The van der Waals surface area contributed by atoms with Crippen molar-refractivity contribution in [3.05, 3.63) is 41.9 Å². The predicted molar refractivity (Wildman–Crippen MR) is 77.3 cm³/mol. The van der Waals surface area contributed by atoms with Crippen LogP contribution < -0.4 is 14.8 Å². The largest absolute Gasteiger partial charge is 0.454 e. The van der Waals surface area contributed by atoms with E-state index < -0.39 is 0 Å². The second kappa shape index (κ2) is 6.41. The number of fused-ring (bicyclic) bond motifs is 1. The lowest BCUT2D eigenvalue weighted by Gasteiger charge is -2.06. The van der Waals surface area contributed by atoms with Crippen LogP contribution in [0.25, 0.3) is 0 Å². The second-order valence-electron chi connectivity index (χ2n) is 4.60. The zero-order valence-electron chi connectivity index (χ0n) is 11.8. The summed E-state index contributed by atoms with van der Waals surface area (Å²) in [7, 11) is 0. The molecular formula is C15H17N3O3. The van der Waals surface area contributed by atoms with Gasteiger partial charge >= 0.3 is 0 Å². The number of rotatable bonds is 6. The highest BCUT2D eigenvalue weighted by molar-refractivity contribution is 5.44. The van der Waals surface area contributed by atoms with Crippen LogP contribution in [-0.4, -0.2) is 23.3 Å². The highest BCUT2D eigenvalue weighted by Crippen LogP contribution is 2.32. The van der Waals surface area contributed by atoms with Crippen molar-refractivity contribution in [3.8, 4) is 11.5 Å². The number of hydrogen-bond acceptors (Lipinski definition) is 6. The van der Waals surface area contributed by atoms with Crippen molar-refractivity contribution in [2.75, 3.05) is 18.7 Å². The van der Waals surface area contributed by atoms with Gasteiger partial charge in [-0.05, 0) is 24.6 Å². The van der Waals surface area contributed by atoms with Crippen LogP contribution >= 0.6 is 0 Å². The van der Waals surface area contributed by atoms with Crippen LogP contribution in [0.15, 0.2) is 30.6 Å². The third-order valence-electron chi connectivity index (χ3n) is 3.02. The molecule has 0 fully saturated rings. The molecule has 1 aliphatic rings. The molecule has 1 N–H and O–H groups in total. The molecule has 1 aromatic heterocycles. The molecule has 0 radical (unpaired) electrons. The van der Waals surface area contributed by atoms with Crippen molar-refractivity contribution in [1.82, 2.24) is 9.97 Å². The number of benzene rings is 1. The fourth-order valence-electron chi connectivity index (χ4n) is 2.01. The van der Waals surface area contributed by atoms with Gasteiger partial charge in [-0.1, -0.05) is 6.07 Å². The summed E-state index contributed by atoms with van der Waals surface area (Å²) in [6, 6.07) is 5.79. The van der Waals surface area contributed by atoms with E-state index in [0.29, 0.717) is 13.2 Å². The standard InChI is InChI=1S/C15H17N3O3/c1-2-16-15-7-17-12(6-18-15)9-19-8-11-3-4-13-14(5-11)21-10-20-13/h3-7H,2,8-10H2,1H3,(H,16,18). The van der Waals surface area contributed by atoms with Crippen molar-refractivity contribution >= 4 is 5.82 Å². The van der Waals surface area contributed by atoms with Gasteiger partial charge in [-0.15, -0.1) is 0 Å². The molecule has 2 aromatic rings. The first kappa shape index (κ1) is 13.6. The molecule has 6 nitrogen and oxygen atoms in total. The minimum atomic E-state index is 0.285. The molecule has 6 heteroatoms. The summed E-state index contributed by atoms with van der Waals surface area (Å²) in [5.74, 6) is 2.33. The highest BCUT2D eigenvalue weighted by atomic mass is 16.7. The summed E-state index contributed by atoms with van der Waals surface area (Å²) in [5.41, 5.74) is 1.84. The maximum Gasteiger partial charge on any atom is 0.231 e. The molecule has 0 amide bonds. The van der Waals surface area contributed by atoms with E-state index in [0.717, 1.165) is 35.1 Å². The molecule has 0 unspecified atom stereocenters. The van der Waals surface area contributed by atoms with Crippen molar-refractivity contribution in [2.45, 2.75) is 20.1 Å². The van der Waals surface area contributed by atoms with E-state index in [1.54, 1.807) is 12.4 Å². The Hall–Kier alpha value is -2.34. The quantitative estimate of drug-likeness (QED) is 0.879. The number of nitrogens with zero attached hydrogens (tertiary/aromatic N) is 2. The van der Waals surface area contributed by atoms with Gasteiger partial charge in [0, 0.05) is 6.54 Å². The molecule has 0 bridgehead atoms. The number of ether oxygens (including phenoxy) is 3. The van der Waals surface area contributed by atoms with Crippen LogP contribution in [0.5, 0.6) is 11.5 Å². The van der Waals surface area contributed by atoms with Gasteiger partial charge in [0.15, 0.2) is 11.5 Å². The van der Waals surface area contributed by atoms with Gasteiger partial charge in [0.05, 0.1) is 31.3 Å². The van der Waals surface area contributed by atoms with E-state index in [4.69, 9.17) is 14.2 Å². The zero-order valence-corrected chi connectivity index (χ0v) is 11.8. The van der Waals surface area contributed by atoms with Gasteiger partial charge in [-0.3, -0.25) is 4.98 Å². The summed E-state index contributed by atoms with van der Waals surface area (Å²) in [4.78, 5) is 8.54. The molecule has 2 heterocycles. The molecule has 110 valence electrons. The topological polar surface area (TPSA) is 65.5 Å². The van der Waals surface area contributed by atoms with Crippen molar-refractivity contribution in [2.24, 2.45) is 0 Å². The molecular weight excluding hydrogens is 270 g/mol. The average molecular weight is 287 g/mol. The first-order valence-corrected chi connectivity index (χ1v) is 6.86. The molecule has 1 aliphatic heterocycles. The fraction of sp³-hybridized carbons (Fsp3) is 0.333. The number of hydrogen-bond donors (Lipinski definition) is 1. The third kappa shape index (κ3) is 3.41. The van der Waals surface area contributed by atoms with Gasteiger partial charge in [0.2, 0.25) is 6.79 Å². The molecule has 0 atom stereocenters. The van der Waals surface area contributed by atoms with E-state index in [1.165, 1.54) is 0 Å². The van der Waals surface area contributed by atoms with Crippen LogP contribution in [0.2, 0.25) is 0 Å². The van der Waals surface area contributed by atoms with Gasteiger partial charge in [-0.2, -0.15) is 0 Å². The highest BCUT2D eigenvalue weighted by Gasteiger charge is 2.13. The number of nitrogens with one attached hydrogen (secondary N) is 1. The van der Waals surface area contributed by atoms with Crippen LogP contribution in [0, 0.1) is 0 Å². The van der Waals surface area contributed by atoms with Crippen molar-refractivity contribution < 1.29 is 14.2 Å². The molecule has 3 rings (SSSR count). The van der Waals surface area contributed by atoms with Crippen molar-refractivity contribution in [3.63, 3.8) is 0 Å². The summed E-state index contributed by atoms with van der Waals surface area (Å²) >= 11 is 0. The van der Waals surface area contributed by atoms with Gasteiger partial charge < -0.3 is 19.5 Å². The molecule has 0 spiro atoms. The van der Waals surface area contributed by atoms with Crippen LogP contribution in [-0.2, 0) is 18.0 Å². The normalized spacial score (nSPS) is 12.4. The van der Waals surface area contributed by atoms with E-state index in [-0.39, 0.29) is 6.79 Å². The molecule has 0 aliphatic carbocycles. The smallest absolute Gasteiger partial charge is 0.231 e. The van der Waals surface area contributed by atoms with E-state index in [2.05, 4.69) is 15.3 Å². The Morgan fingerprint density at radius 3 is 2.86 bits per heavy atom. The number of aromatic nitrogens is 2. The summed E-state index contributed by atoms with van der Waals surface area (Å²) < 4.78 is 16.2. The van der Waals surface area contributed by atoms with Crippen molar-refractivity contribution in [1.29, 1.82) is 0 Å². The monoisotopic (exact) mass is 287 g/mol. The van der Waals surface area contributed by atoms with E-state index in [9.17, 15) is 0 Å². The molecule has 0 saturated heterocycles. The SMILES string of the molecule is CCNc1cnc(COCc2ccc3c(c2)OCO3)cn1. The minimum Gasteiger partial charge on any atom is -0.454 e. The Balaban J connectivity index is 1.51. The Bertz CT molecular complexity index is 602. The third-order valence-corrected chi connectivity index (χ3v) is 3.02. The Labute approximate surface area is 123 Å².